The summed E-state index contributed by atoms with van der Waals surface area (Å²) in [5, 5.41) is 3.59. The summed E-state index contributed by atoms with van der Waals surface area (Å²) in [5.74, 6) is -1.72. The van der Waals surface area contributed by atoms with Crippen LogP contribution in [0, 0.1) is 11.6 Å². The Balaban J connectivity index is 1.87. The van der Waals surface area contributed by atoms with Crippen molar-refractivity contribution in [3.63, 3.8) is 0 Å². The van der Waals surface area contributed by atoms with Gasteiger partial charge in [0, 0.05) is 38.9 Å². The van der Waals surface area contributed by atoms with Crippen molar-refractivity contribution in [3.8, 4) is 11.4 Å². The molecule has 0 atom stereocenters. The minimum absolute atomic E-state index is 0.0380. The zero-order valence-corrected chi connectivity index (χ0v) is 21.1. The molecule has 3 rings (SSSR count). The van der Waals surface area contributed by atoms with Crippen molar-refractivity contribution in [2.24, 2.45) is 0 Å². The summed E-state index contributed by atoms with van der Waals surface area (Å²) in [6, 6.07) is 2.72. The Hall–Kier alpha value is -2.57. The fourth-order valence-corrected chi connectivity index (χ4v) is 4.94. The maximum absolute atomic E-state index is 13.8. The first-order chi connectivity index (χ1) is 16.6. The van der Waals surface area contributed by atoms with Crippen LogP contribution in [0.3, 0.4) is 0 Å². The maximum Gasteiger partial charge on any atom is 0.316 e. The predicted molar refractivity (Wildman–Crippen MR) is 129 cm³/mol. The summed E-state index contributed by atoms with van der Waals surface area (Å²) in [6.45, 7) is 7.39. The molecule has 12 heteroatoms. The number of nitrogens with zero attached hydrogens (tertiary/aromatic N) is 4. The van der Waals surface area contributed by atoms with Crippen molar-refractivity contribution in [1.29, 1.82) is 0 Å². The van der Waals surface area contributed by atoms with E-state index in [0.717, 1.165) is 29.7 Å². The lowest BCUT2D eigenvalue weighted by Crippen LogP contribution is -2.50. The maximum atomic E-state index is 13.8. The molecule has 1 aliphatic heterocycles. The zero-order valence-electron chi connectivity index (χ0n) is 20.2. The lowest BCUT2D eigenvalue weighted by molar-refractivity contribution is 0.0974. The first kappa shape index (κ1) is 27.0. The molecule has 2 aromatic rings. The highest BCUT2D eigenvalue weighted by atomic mass is 32.2. The van der Waals surface area contributed by atoms with Crippen molar-refractivity contribution < 1.29 is 26.7 Å². The van der Waals surface area contributed by atoms with Gasteiger partial charge in [-0.05, 0) is 32.4 Å². The molecule has 0 bridgehead atoms. The number of halogens is 2. The van der Waals surface area contributed by atoms with Crippen molar-refractivity contribution >= 4 is 15.7 Å². The number of hydrogen-bond donors (Lipinski definition) is 0. The monoisotopic (exact) mass is 514 g/mol. The van der Waals surface area contributed by atoms with Gasteiger partial charge in [-0.15, -0.1) is 0 Å². The molecule has 1 aromatic carbocycles. The van der Waals surface area contributed by atoms with Crippen LogP contribution < -0.4 is 15.2 Å². The highest BCUT2D eigenvalue weighted by Crippen LogP contribution is 2.26. The lowest BCUT2D eigenvalue weighted by Gasteiger charge is -2.36. The molecule has 0 spiro atoms. The van der Waals surface area contributed by atoms with Gasteiger partial charge in [0.05, 0.1) is 23.7 Å². The number of hydrogen-bond acceptors (Lipinski definition) is 7. The largest absolute Gasteiger partial charge is 0.484 e. The van der Waals surface area contributed by atoms with Gasteiger partial charge in [-0.25, -0.2) is 17.2 Å². The predicted octanol–water partition coefficient (Wildman–Crippen LogP) is 2.57. The molecule has 0 saturated carbocycles. The van der Waals surface area contributed by atoms with Crippen LogP contribution in [0.15, 0.2) is 29.2 Å². The number of ether oxygens (including phenoxy) is 2. The van der Waals surface area contributed by atoms with Gasteiger partial charge in [0.15, 0.2) is 0 Å². The van der Waals surface area contributed by atoms with Crippen LogP contribution in [0.1, 0.15) is 33.6 Å². The number of aromatic nitrogens is 2. The SMILES string of the molecule is CCCCOCCOc1c(N2CCN(S(=O)(=O)C(C)C)CC2)cnn(-c2cc(F)cc(F)c2)c1=O. The number of unbranched alkanes of at least 4 members (excludes halogenated alkanes) is 1. The van der Waals surface area contributed by atoms with Gasteiger partial charge >= 0.3 is 5.56 Å². The molecule has 194 valence electrons. The Bertz CT molecular complexity index is 1140. The molecular formula is C23H32F2N4O5S. The van der Waals surface area contributed by atoms with Gasteiger partial charge in [-0.1, -0.05) is 13.3 Å². The summed E-state index contributed by atoms with van der Waals surface area (Å²) in [7, 11) is -3.39. The number of piperazine rings is 1. The van der Waals surface area contributed by atoms with E-state index in [1.165, 1.54) is 10.5 Å². The van der Waals surface area contributed by atoms with Crippen LogP contribution in [0.4, 0.5) is 14.5 Å². The highest BCUT2D eigenvalue weighted by Gasteiger charge is 2.31. The summed E-state index contributed by atoms with van der Waals surface area (Å²) in [6.07, 6.45) is 3.29. The summed E-state index contributed by atoms with van der Waals surface area (Å²) >= 11 is 0. The Kier molecular flexibility index (Phi) is 9.20. The molecule has 35 heavy (non-hydrogen) atoms. The van der Waals surface area contributed by atoms with Crippen LogP contribution in [-0.2, 0) is 14.8 Å². The van der Waals surface area contributed by atoms with Gasteiger partial charge in [-0.3, -0.25) is 4.79 Å². The van der Waals surface area contributed by atoms with E-state index in [9.17, 15) is 22.0 Å². The molecule has 1 aliphatic rings. The number of sulfonamides is 1. The fraction of sp³-hybridized carbons (Fsp3) is 0.565. The topological polar surface area (TPSA) is 94.0 Å². The Morgan fingerprint density at radius 2 is 1.69 bits per heavy atom. The number of benzene rings is 1. The zero-order chi connectivity index (χ0) is 25.6. The Morgan fingerprint density at radius 1 is 1.03 bits per heavy atom. The van der Waals surface area contributed by atoms with E-state index in [-0.39, 0.29) is 37.7 Å². The first-order valence-electron chi connectivity index (χ1n) is 11.7. The van der Waals surface area contributed by atoms with Gasteiger partial charge in [0.1, 0.15) is 23.9 Å². The number of rotatable bonds is 11. The normalized spacial score (nSPS) is 15.1. The molecule has 1 saturated heterocycles. The van der Waals surface area contributed by atoms with Crippen LogP contribution in [-0.4, -0.2) is 73.8 Å². The van der Waals surface area contributed by atoms with Gasteiger partial charge in [0.25, 0.3) is 0 Å². The molecule has 2 heterocycles. The molecule has 0 amide bonds. The molecule has 9 nitrogen and oxygen atoms in total. The lowest BCUT2D eigenvalue weighted by atomic mass is 10.2. The van der Waals surface area contributed by atoms with E-state index in [1.54, 1.807) is 13.8 Å². The van der Waals surface area contributed by atoms with Gasteiger partial charge in [0.2, 0.25) is 15.8 Å². The minimum Gasteiger partial charge on any atom is -0.484 e. The van der Waals surface area contributed by atoms with Gasteiger partial charge < -0.3 is 14.4 Å². The number of anilines is 1. The van der Waals surface area contributed by atoms with Crippen LogP contribution in [0.2, 0.25) is 0 Å². The molecule has 0 N–H and O–H groups in total. The molecule has 1 fully saturated rings. The summed E-state index contributed by atoms with van der Waals surface area (Å²) in [5.41, 5.74) is -0.368. The Labute approximate surface area is 204 Å². The van der Waals surface area contributed by atoms with E-state index >= 15 is 0 Å². The van der Waals surface area contributed by atoms with E-state index in [1.807, 2.05) is 11.8 Å². The van der Waals surface area contributed by atoms with Gasteiger partial charge in [-0.2, -0.15) is 14.1 Å². The highest BCUT2D eigenvalue weighted by molar-refractivity contribution is 7.89. The van der Waals surface area contributed by atoms with E-state index < -0.39 is 32.5 Å². The molecule has 0 radical (unpaired) electrons. The van der Waals surface area contributed by atoms with Crippen LogP contribution in [0.25, 0.3) is 5.69 Å². The quantitative estimate of drug-likeness (QED) is 0.426. The summed E-state index contributed by atoms with van der Waals surface area (Å²) < 4.78 is 66.1. The molecule has 1 aromatic heterocycles. The molecule has 0 aliphatic carbocycles. The smallest absolute Gasteiger partial charge is 0.316 e. The van der Waals surface area contributed by atoms with E-state index in [2.05, 4.69) is 5.10 Å². The van der Waals surface area contributed by atoms with E-state index in [0.29, 0.717) is 31.5 Å². The second-order valence-electron chi connectivity index (χ2n) is 8.50. The van der Waals surface area contributed by atoms with Crippen molar-refractivity contribution in [1.82, 2.24) is 14.1 Å². The van der Waals surface area contributed by atoms with Crippen molar-refractivity contribution in [2.75, 3.05) is 50.9 Å². The third kappa shape index (κ3) is 6.56. The average Bonchev–Trinajstić information content (AvgIpc) is 2.81. The van der Waals surface area contributed by atoms with Crippen LogP contribution in [0.5, 0.6) is 5.75 Å². The second-order valence-corrected chi connectivity index (χ2v) is 11.0. The summed E-state index contributed by atoms with van der Waals surface area (Å²) in [4.78, 5) is 15.1. The van der Waals surface area contributed by atoms with E-state index in [4.69, 9.17) is 9.47 Å². The van der Waals surface area contributed by atoms with Crippen molar-refractivity contribution in [2.45, 2.75) is 38.9 Å². The first-order valence-corrected chi connectivity index (χ1v) is 13.2. The molecule has 0 unspecified atom stereocenters. The third-order valence-electron chi connectivity index (χ3n) is 5.66. The standard InChI is InChI=1S/C23H32F2N4O5S/c1-4-5-10-33-11-12-34-22-21(27-6-8-28(9-7-27)35(31,32)17(2)3)16-26-29(23(22)30)20-14-18(24)13-19(25)15-20/h13-17H,4-12H2,1-3H3. The third-order valence-corrected chi connectivity index (χ3v) is 7.93. The fourth-order valence-electron chi connectivity index (χ4n) is 3.67. The average molecular weight is 515 g/mol. The van der Waals surface area contributed by atoms with Crippen molar-refractivity contribution in [3.05, 3.63) is 46.4 Å². The molecular weight excluding hydrogens is 482 g/mol. The second kappa shape index (κ2) is 11.9. The Morgan fingerprint density at radius 3 is 2.29 bits per heavy atom. The minimum atomic E-state index is -3.39. The van der Waals surface area contributed by atoms with Crippen LogP contribution >= 0.6 is 0 Å².